The topological polar surface area (TPSA) is 54.9 Å². The summed E-state index contributed by atoms with van der Waals surface area (Å²) in [5.74, 6) is -0.695. The Morgan fingerprint density at radius 3 is 2.47 bits per heavy atom. The zero-order valence-corrected chi connectivity index (χ0v) is 17.8. The van der Waals surface area contributed by atoms with Gasteiger partial charge in [-0.15, -0.1) is 0 Å². The van der Waals surface area contributed by atoms with E-state index in [0.717, 1.165) is 23.4 Å². The van der Waals surface area contributed by atoms with Gasteiger partial charge in [-0.05, 0) is 25.1 Å². The predicted octanol–water partition coefficient (Wildman–Crippen LogP) is 6.51. The number of benzene rings is 2. The Labute approximate surface area is 184 Å². The largest absolute Gasteiger partial charge is 0.433 e. The van der Waals surface area contributed by atoms with Crippen LogP contribution in [0.1, 0.15) is 11.3 Å². The number of alkyl halides is 3. The fourth-order valence-electron chi connectivity index (χ4n) is 2.42. The number of amides is 1. The number of hydrogen-bond acceptors (Lipinski definition) is 4. The summed E-state index contributed by atoms with van der Waals surface area (Å²) in [6, 6.07) is 12.5. The molecule has 0 aliphatic carbocycles. The first-order valence-electron chi connectivity index (χ1n) is 8.53. The van der Waals surface area contributed by atoms with E-state index in [1.165, 1.54) is 0 Å². The van der Waals surface area contributed by atoms with Crippen molar-refractivity contribution in [3.05, 3.63) is 69.8 Å². The van der Waals surface area contributed by atoms with Crippen molar-refractivity contribution in [2.24, 2.45) is 0 Å². The van der Waals surface area contributed by atoms with Crippen LogP contribution in [-0.2, 0) is 11.0 Å². The van der Waals surface area contributed by atoms with E-state index in [4.69, 9.17) is 23.2 Å². The zero-order valence-electron chi connectivity index (χ0n) is 15.4. The number of nitrogens with one attached hydrogen (secondary N) is 1. The molecule has 0 aliphatic heterocycles. The van der Waals surface area contributed by atoms with E-state index in [0.29, 0.717) is 11.3 Å². The Hall–Kier alpha value is -2.29. The lowest BCUT2D eigenvalue weighted by Gasteiger charge is -2.11. The molecular weight excluding hydrogens is 458 g/mol. The van der Waals surface area contributed by atoms with Gasteiger partial charge in [0.15, 0.2) is 5.16 Å². The molecule has 0 radical (unpaired) electrons. The minimum absolute atomic E-state index is 0.123. The lowest BCUT2D eigenvalue weighted by Crippen LogP contribution is -2.15. The minimum Gasteiger partial charge on any atom is -0.324 e. The summed E-state index contributed by atoms with van der Waals surface area (Å²) in [7, 11) is 0. The summed E-state index contributed by atoms with van der Waals surface area (Å²) in [5, 5.41) is 2.85. The highest BCUT2D eigenvalue weighted by Crippen LogP contribution is 2.33. The molecule has 2 aromatic carbocycles. The monoisotopic (exact) mass is 471 g/mol. The van der Waals surface area contributed by atoms with Crippen LogP contribution in [0.15, 0.2) is 53.7 Å². The number of thioether (sulfide) groups is 1. The van der Waals surface area contributed by atoms with Crippen molar-refractivity contribution in [2.75, 3.05) is 11.1 Å². The molecule has 0 spiro atoms. The molecule has 1 heterocycles. The SMILES string of the molecule is Cc1ccc(-c2cc(C(F)(F)F)nc(SCC(=O)Nc3cccc(Cl)c3Cl)n2)cc1. The maximum Gasteiger partial charge on any atom is 0.433 e. The normalized spacial score (nSPS) is 11.4. The number of anilines is 1. The van der Waals surface area contributed by atoms with Crippen LogP contribution < -0.4 is 5.32 Å². The number of rotatable bonds is 5. The van der Waals surface area contributed by atoms with Crippen LogP contribution in [0.3, 0.4) is 0 Å². The van der Waals surface area contributed by atoms with Crippen molar-refractivity contribution in [3.8, 4) is 11.3 Å². The lowest BCUT2D eigenvalue weighted by molar-refractivity contribution is -0.141. The molecule has 3 aromatic rings. The molecule has 0 fully saturated rings. The molecule has 4 nitrogen and oxygen atoms in total. The molecule has 156 valence electrons. The molecule has 1 aromatic heterocycles. The van der Waals surface area contributed by atoms with Crippen molar-refractivity contribution in [3.63, 3.8) is 0 Å². The summed E-state index contributed by atoms with van der Waals surface area (Å²) >= 11 is 12.7. The molecule has 0 bridgehead atoms. The van der Waals surface area contributed by atoms with Crippen molar-refractivity contribution in [2.45, 2.75) is 18.3 Å². The Bertz CT molecular complexity index is 1080. The first-order valence-corrected chi connectivity index (χ1v) is 10.3. The van der Waals surface area contributed by atoms with Crippen LogP contribution in [0.4, 0.5) is 18.9 Å². The quantitative estimate of drug-likeness (QED) is 0.340. The summed E-state index contributed by atoms with van der Waals surface area (Å²) in [5.41, 5.74) is 0.840. The van der Waals surface area contributed by atoms with Gasteiger partial charge in [0, 0.05) is 5.56 Å². The predicted molar refractivity (Wildman–Crippen MR) is 113 cm³/mol. The first kappa shape index (κ1) is 22.4. The van der Waals surface area contributed by atoms with Gasteiger partial charge in [-0.25, -0.2) is 9.97 Å². The van der Waals surface area contributed by atoms with E-state index in [-0.39, 0.29) is 26.6 Å². The van der Waals surface area contributed by atoms with Crippen molar-refractivity contribution in [1.82, 2.24) is 9.97 Å². The second-order valence-corrected chi connectivity index (χ2v) is 7.95. The summed E-state index contributed by atoms with van der Waals surface area (Å²) in [4.78, 5) is 20.0. The van der Waals surface area contributed by atoms with Gasteiger partial charge in [-0.3, -0.25) is 4.79 Å². The molecule has 0 saturated carbocycles. The number of halogens is 5. The van der Waals surface area contributed by atoms with Crippen LogP contribution in [0.5, 0.6) is 0 Å². The minimum atomic E-state index is -4.64. The van der Waals surface area contributed by atoms with Crippen LogP contribution in [0.25, 0.3) is 11.3 Å². The first-order chi connectivity index (χ1) is 14.1. The maximum absolute atomic E-state index is 13.3. The lowest BCUT2D eigenvalue weighted by atomic mass is 10.1. The van der Waals surface area contributed by atoms with Gasteiger partial charge in [-0.1, -0.05) is 70.9 Å². The number of aromatic nitrogens is 2. The Balaban J connectivity index is 1.80. The van der Waals surface area contributed by atoms with Gasteiger partial charge in [0.05, 0.1) is 27.2 Å². The van der Waals surface area contributed by atoms with Gasteiger partial charge in [0.1, 0.15) is 5.69 Å². The molecule has 0 aliphatic rings. The van der Waals surface area contributed by atoms with Gasteiger partial charge in [0.25, 0.3) is 0 Å². The molecule has 0 atom stereocenters. The molecule has 3 rings (SSSR count). The van der Waals surface area contributed by atoms with Gasteiger partial charge >= 0.3 is 6.18 Å². The Morgan fingerprint density at radius 1 is 1.10 bits per heavy atom. The molecule has 30 heavy (non-hydrogen) atoms. The molecule has 0 saturated heterocycles. The van der Waals surface area contributed by atoms with Crippen LogP contribution in [-0.4, -0.2) is 21.6 Å². The highest BCUT2D eigenvalue weighted by molar-refractivity contribution is 7.99. The van der Waals surface area contributed by atoms with Crippen molar-refractivity contribution >= 4 is 46.6 Å². The number of carbonyl (C=O) groups excluding carboxylic acids is 1. The van der Waals surface area contributed by atoms with Gasteiger partial charge in [0.2, 0.25) is 5.91 Å². The second-order valence-electron chi connectivity index (χ2n) is 6.22. The third-order valence-electron chi connectivity index (χ3n) is 3.90. The number of hydrogen-bond donors (Lipinski definition) is 1. The standard InChI is InChI=1S/C20H14Cl2F3N3OS/c1-11-5-7-12(8-6-11)15-9-16(20(23,24)25)28-19(27-15)30-10-17(29)26-14-4-2-3-13(21)18(14)22/h2-9H,10H2,1H3,(H,26,29). The fourth-order valence-corrected chi connectivity index (χ4v) is 3.43. The summed E-state index contributed by atoms with van der Waals surface area (Å²) < 4.78 is 39.9. The highest BCUT2D eigenvalue weighted by atomic mass is 35.5. The van der Waals surface area contributed by atoms with E-state index in [9.17, 15) is 18.0 Å². The van der Waals surface area contributed by atoms with Crippen molar-refractivity contribution < 1.29 is 18.0 Å². The van der Waals surface area contributed by atoms with Crippen molar-refractivity contribution in [1.29, 1.82) is 0 Å². The van der Waals surface area contributed by atoms with E-state index in [1.54, 1.807) is 42.5 Å². The molecular formula is C20H14Cl2F3N3OS. The highest BCUT2D eigenvalue weighted by Gasteiger charge is 2.34. The van der Waals surface area contributed by atoms with Crippen LogP contribution in [0.2, 0.25) is 10.0 Å². The van der Waals surface area contributed by atoms with E-state index < -0.39 is 17.8 Å². The van der Waals surface area contributed by atoms with E-state index >= 15 is 0 Å². The second kappa shape index (κ2) is 9.24. The van der Waals surface area contributed by atoms with E-state index in [2.05, 4.69) is 15.3 Å². The zero-order chi connectivity index (χ0) is 21.9. The summed E-state index contributed by atoms with van der Waals surface area (Å²) in [6.07, 6.45) is -4.64. The van der Waals surface area contributed by atoms with Crippen LogP contribution >= 0.6 is 35.0 Å². The summed E-state index contributed by atoms with van der Waals surface area (Å²) in [6.45, 7) is 1.87. The number of carbonyl (C=O) groups is 1. The molecule has 0 unspecified atom stereocenters. The number of nitrogens with zero attached hydrogens (tertiary/aromatic N) is 2. The number of aryl methyl sites for hydroxylation is 1. The average molecular weight is 472 g/mol. The fraction of sp³-hybridized carbons (Fsp3) is 0.150. The maximum atomic E-state index is 13.3. The molecule has 10 heteroatoms. The average Bonchev–Trinajstić information content (AvgIpc) is 2.69. The smallest absolute Gasteiger partial charge is 0.324 e. The molecule has 1 amide bonds. The van der Waals surface area contributed by atoms with E-state index in [1.807, 2.05) is 6.92 Å². The van der Waals surface area contributed by atoms with Crippen LogP contribution in [0, 0.1) is 6.92 Å². The Morgan fingerprint density at radius 2 is 1.80 bits per heavy atom. The molecule has 1 N–H and O–H groups in total. The Kier molecular flexibility index (Phi) is 6.90. The van der Waals surface area contributed by atoms with Gasteiger partial charge in [-0.2, -0.15) is 13.2 Å². The third-order valence-corrected chi connectivity index (χ3v) is 5.57. The third kappa shape index (κ3) is 5.65. The van der Waals surface area contributed by atoms with Gasteiger partial charge < -0.3 is 5.32 Å².